The van der Waals surface area contributed by atoms with Crippen molar-refractivity contribution in [3.05, 3.63) is 34.9 Å². The minimum atomic E-state index is 0.134. The predicted molar refractivity (Wildman–Crippen MR) is 92.2 cm³/mol. The van der Waals surface area contributed by atoms with Gasteiger partial charge in [0.25, 0.3) is 0 Å². The topological polar surface area (TPSA) is 32.3 Å². The molecule has 1 N–H and O–H groups in total. The summed E-state index contributed by atoms with van der Waals surface area (Å²) in [5, 5.41) is 3.88. The fraction of sp³-hybridized carbons (Fsp3) is 0.611. The SMILES string of the molecule is CCCC(=O)NC[C@@H](c1ccccc1Cl)N1CCCCCC1. The Balaban J connectivity index is 2.12. The molecule has 1 heterocycles. The zero-order valence-corrected chi connectivity index (χ0v) is 14.2. The summed E-state index contributed by atoms with van der Waals surface area (Å²) in [6.07, 6.45) is 6.52. The molecule has 122 valence electrons. The number of hydrogen-bond acceptors (Lipinski definition) is 2. The van der Waals surface area contributed by atoms with Gasteiger partial charge in [0.2, 0.25) is 5.91 Å². The molecule has 0 saturated carbocycles. The van der Waals surface area contributed by atoms with Crippen molar-refractivity contribution < 1.29 is 4.79 Å². The smallest absolute Gasteiger partial charge is 0.220 e. The molecule has 4 heteroatoms. The number of nitrogens with zero attached hydrogens (tertiary/aromatic N) is 1. The van der Waals surface area contributed by atoms with Gasteiger partial charge in [0.1, 0.15) is 0 Å². The van der Waals surface area contributed by atoms with Gasteiger partial charge >= 0.3 is 0 Å². The van der Waals surface area contributed by atoms with Gasteiger partial charge in [-0.05, 0) is 44.0 Å². The highest BCUT2D eigenvalue weighted by Gasteiger charge is 2.23. The molecule has 0 bridgehead atoms. The summed E-state index contributed by atoms with van der Waals surface area (Å²) < 4.78 is 0. The lowest BCUT2D eigenvalue weighted by molar-refractivity contribution is -0.121. The Morgan fingerprint density at radius 1 is 1.23 bits per heavy atom. The lowest BCUT2D eigenvalue weighted by Crippen LogP contribution is -2.38. The van der Waals surface area contributed by atoms with Gasteiger partial charge in [-0.15, -0.1) is 0 Å². The van der Waals surface area contributed by atoms with E-state index in [2.05, 4.69) is 16.3 Å². The molecule has 22 heavy (non-hydrogen) atoms. The van der Waals surface area contributed by atoms with Crippen molar-refractivity contribution in [1.29, 1.82) is 0 Å². The van der Waals surface area contributed by atoms with Gasteiger partial charge in [-0.3, -0.25) is 9.69 Å². The van der Waals surface area contributed by atoms with Crippen LogP contribution in [0.25, 0.3) is 0 Å². The summed E-state index contributed by atoms with van der Waals surface area (Å²) in [7, 11) is 0. The van der Waals surface area contributed by atoms with Crippen LogP contribution in [0.3, 0.4) is 0 Å². The first-order valence-corrected chi connectivity index (χ1v) is 8.85. The minimum absolute atomic E-state index is 0.134. The molecule has 2 rings (SSSR count). The second-order valence-corrected chi connectivity index (χ2v) is 6.45. The van der Waals surface area contributed by atoms with Crippen molar-refractivity contribution >= 4 is 17.5 Å². The summed E-state index contributed by atoms with van der Waals surface area (Å²) in [6, 6.07) is 8.19. The van der Waals surface area contributed by atoms with Crippen LogP contribution in [-0.4, -0.2) is 30.4 Å². The second kappa shape index (κ2) is 9.16. The molecule has 0 radical (unpaired) electrons. The monoisotopic (exact) mass is 322 g/mol. The van der Waals surface area contributed by atoms with Crippen LogP contribution < -0.4 is 5.32 Å². The normalized spacial score (nSPS) is 17.7. The van der Waals surface area contributed by atoms with Crippen LogP contribution in [0.4, 0.5) is 0 Å². The summed E-state index contributed by atoms with van der Waals surface area (Å²) in [6.45, 7) is 4.83. The average molecular weight is 323 g/mol. The highest BCUT2D eigenvalue weighted by atomic mass is 35.5. The van der Waals surface area contributed by atoms with Crippen LogP contribution in [0, 0.1) is 0 Å². The Labute approximate surface area is 139 Å². The van der Waals surface area contributed by atoms with E-state index in [1.807, 2.05) is 25.1 Å². The summed E-state index contributed by atoms with van der Waals surface area (Å²) in [5.41, 5.74) is 1.13. The largest absolute Gasteiger partial charge is 0.354 e. The molecule has 0 aliphatic carbocycles. The molecule has 1 aliphatic heterocycles. The Morgan fingerprint density at radius 3 is 2.55 bits per heavy atom. The zero-order valence-electron chi connectivity index (χ0n) is 13.5. The van der Waals surface area contributed by atoms with E-state index >= 15 is 0 Å². The zero-order chi connectivity index (χ0) is 15.8. The maximum atomic E-state index is 11.9. The molecule has 0 spiro atoms. The first-order chi connectivity index (χ1) is 10.7. The fourth-order valence-electron chi connectivity index (χ4n) is 3.11. The van der Waals surface area contributed by atoms with E-state index in [4.69, 9.17) is 11.6 Å². The van der Waals surface area contributed by atoms with Gasteiger partial charge in [0.15, 0.2) is 0 Å². The lowest BCUT2D eigenvalue weighted by Gasteiger charge is -2.31. The first-order valence-electron chi connectivity index (χ1n) is 8.47. The number of likely N-dealkylation sites (tertiary alicyclic amines) is 1. The first kappa shape index (κ1) is 17.3. The van der Waals surface area contributed by atoms with Crippen molar-refractivity contribution in [2.24, 2.45) is 0 Å². The number of hydrogen-bond donors (Lipinski definition) is 1. The van der Waals surface area contributed by atoms with Gasteiger partial charge in [0, 0.05) is 18.0 Å². The van der Waals surface area contributed by atoms with Crippen LogP contribution in [0.2, 0.25) is 5.02 Å². The molecule has 1 aromatic rings. The molecule has 0 aromatic heterocycles. The van der Waals surface area contributed by atoms with Gasteiger partial charge in [-0.2, -0.15) is 0 Å². The van der Waals surface area contributed by atoms with E-state index in [0.717, 1.165) is 30.1 Å². The molecule has 1 atom stereocenters. The van der Waals surface area contributed by atoms with Crippen molar-refractivity contribution in [3.63, 3.8) is 0 Å². The second-order valence-electron chi connectivity index (χ2n) is 6.04. The number of nitrogens with one attached hydrogen (secondary N) is 1. The maximum Gasteiger partial charge on any atom is 0.220 e. The molecule has 1 aromatic carbocycles. The minimum Gasteiger partial charge on any atom is -0.354 e. The van der Waals surface area contributed by atoms with Crippen molar-refractivity contribution in [1.82, 2.24) is 10.2 Å². The van der Waals surface area contributed by atoms with Crippen LogP contribution >= 0.6 is 11.6 Å². The molecule has 0 unspecified atom stereocenters. The predicted octanol–water partition coefficient (Wildman–Crippen LogP) is 4.17. The van der Waals surface area contributed by atoms with Crippen LogP contribution in [0.1, 0.15) is 57.1 Å². The Hall–Kier alpha value is -1.06. The number of halogens is 1. The Kier molecular flexibility index (Phi) is 7.20. The van der Waals surface area contributed by atoms with Crippen LogP contribution in [0.15, 0.2) is 24.3 Å². The van der Waals surface area contributed by atoms with Crippen LogP contribution in [0.5, 0.6) is 0 Å². The molecule has 1 aliphatic rings. The van der Waals surface area contributed by atoms with E-state index in [1.165, 1.54) is 25.7 Å². The van der Waals surface area contributed by atoms with E-state index in [1.54, 1.807) is 0 Å². The van der Waals surface area contributed by atoms with Crippen molar-refractivity contribution in [2.75, 3.05) is 19.6 Å². The molecular weight excluding hydrogens is 296 g/mol. The van der Waals surface area contributed by atoms with Gasteiger partial charge < -0.3 is 5.32 Å². The molecule has 1 fully saturated rings. The number of rotatable bonds is 6. The Morgan fingerprint density at radius 2 is 1.91 bits per heavy atom. The fourth-order valence-corrected chi connectivity index (χ4v) is 3.38. The molecule has 3 nitrogen and oxygen atoms in total. The number of amides is 1. The van der Waals surface area contributed by atoms with E-state index in [0.29, 0.717) is 13.0 Å². The average Bonchev–Trinajstić information content (AvgIpc) is 2.79. The molecule has 1 saturated heterocycles. The van der Waals surface area contributed by atoms with E-state index < -0.39 is 0 Å². The van der Waals surface area contributed by atoms with Crippen molar-refractivity contribution in [2.45, 2.75) is 51.5 Å². The highest BCUT2D eigenvalue weighted by molar-refractivity contribution is 6.31. The third-order valence-corrected chi connectivity index (χ3v) is 4.66. The summed E-state index contributed by atoms with van der Waals surface area (Å²) >= 11 is 6.42. The third-order valence-electron chi connectivity index (χ3n) is 4.32. The third kappa shape index (κ3) is 4.99. The summed E-state index contributed by atoms with van der Waals surface area (Å²) in [5.74, 6) is 0.134. The number of carbonyl (C=O) groups is 1. The quantitative estimate of drug-likeness (QED) is 0.852. The lowest BCUT2D eigenvalue weighted by atomic mass is 10.0. The highest BCUT2D eigenvalue weighted by Crippen LogP contribution is 2.29. The maximum absolute atomic E-state index is 11.9. The molecular formula is C18H27ClN2O. The summed E-state index contributed by atoms with van der Waals surface area (Å²) in [4.78, 5) is 14.3. The van der Waals surface area contributed by atoms with Gasteiger partial charge in [-0.25, -0.2) is 0 Å². The van der Waals surface area contributed by atoms with E-state index in [-0.39, 0.29) is 11.9 Å². The van der Waals surface area contributed by atoms with Gasteiger partial charge in [0.05, 0.1) is 6.04 Å². The number of benzene rings is 1. The van der Waals surface area contributed by atoms with E-state index in [9.17, 15) is 4.79 Å². The standard InChI is InChI=1S/C18H27ClN2O/c1-2-9-18(22)20-14-17(15-10-5-6-11-16(15)19)21-12-7-3-4-8-13-21/h5-6,10-11,17H,2-4,7-9,12-14H2,1H3,(H,20,22)/t17-/m0/s1. The molecule has 1 amide bonds. The van der Waals surface area contributed by atoms with Crippen LogP contribution in [-0.2, 0) is 4.79 Å². The van der Waals surface area contributed by atoms with Crippen molar-refractivity contribution in [3.8, 4) is 0 Å². The number of carbonyl (C=O) groups excluding carboxylic acids is 1. The van der Waals surface area contributed by atoms with Gasteiger partial charge in [-0.1, -0.05) is 49.6 Å². The Bertz CT molecular complexity index is 470.